The van der Waals surface area contributed by atoms with Gasteiger partial charge in [0.15, 0.2) is 5.76 Å². The molecule has 1 aromatic rings. The highest BCUT2D eigenvalue weighted by Gasteiger charge is 2.26. The molecule has 1 amide bonds. The minimum Gasteiger partial charge on any atom is -0.359 e. The Bertz CT molecular complexity index is 403. The van der Waals surface area contributed by atoms with Crippen LogP contribution in [0, 0.1) is 12.8 Å². The first-order valence-electron chi connectivity index (χ1n) is 6.62. The fourth-order valence-corrected chi connectivity index (χ4v) is 2.47. The molecule has 3 N–H and O–H groups in total. The maximum absolute atomic E-state index is 12.1. The van der Waals surface area contributed by atoms with Crippen molar-refractivity contribution in [2.24, 2.45) is 11.7 Å². The van der Waals surface area contributed by atoms with E-state index < -0.39 is 0 Å². The summed E-state index contributed by atoms with van der Waals surface area (Å²) in [5.74, 6) is 0.665. The zero-order valence-electron chi connectivity index (χ0n) is 10.8. The molecule has 1 aromatic heterocycles. The number of hydrogen-bond acceptors (Lipinski definition) is 4. The van der Waals surface area contributed by atoms with Gasteiger partial charge in [0.1, 0.15) is 0 Å². The summed E-state index contributed by atoms with van der Waals surface area (Å²) in [4.78, 5) is 12.1. The van der Waals surface area contributed by atoms with E-state index in [0.29, 0.717) is 12.3 Å². The second-order valence-electron chi connectivity index (χ2n) is 5.06. The highest BCUT2D eigenvalue weighted by molar-refractivity contribution is 5.79. The second kappa shape index (κ2) is 6.00. The molecular weight excluding hydrogens is 230 g/mol. The van der Waals surface area contributed by atoms with E-state index >= 15 is 0 Å². The number of hydrogen-bond donors (Lipinski definition) is 2. The number of carbonyl (C=O) groups excluding carboxylic acids is 1. The Kier molecular flexibility index (Phi) is 4.36. The molecule has 0 radical (unpaired) electrons. The lowest BCUT2D eigenvalue weighted by Gasteiger charge is -2.20. The Labute approximate surface area is 107 Å². The van der Waals surface area contributed by atoms with E-state index in [1.807, 2.05) is 13.0 Å². The predicted molar refractivity (Wildman–Crippen MR) is 67.6 cm³/mol. The normalized spacial score (nSPS) is 24.6. The van der Waals surface area contributed by atoms with Crippen molar-refractivity contribution >= 4 is 5.91 Å². The summed E-state index contributed by atoms with van der Waals surface area (Å²) in [5, 5.41) is 6.67. The number of nitrogens with two attached hydrogens (primary N) is 1. The third-order valence-electron chi connectivity index (χ3n) is 3.52. The fraction of sp³-hybridized carbons (Fsp3) is 0.692. The Morgan fingerprint density at radius 1 is 1.50 bits per heavy atom. The molecule has 0 bridgehead atoms. The first-order chi connectivity index (χ1) is 8.66. The lowest BCUT2D eigenvalue weighted by Crippen LogP contribution is -2.41. The van der Waals surface area contributed by atoms with Crippen LogP contribution in [0.15, 0.2) is 10.6 Å². The van der Waals surface area contributed by atoms with Crippen molar-refractivity contribution in [1.29, 1.82) is 0 Å². The molecular formula is C13H21N3O2. The molecule has 0 spiro atoms. The molecule has 100 valence electrons. The van der Waals surface area contributed by atoms with Crippen LogP contribution in [0.5, 0.6) is 0 Å². The maximum atomic E-state index is 12.1. The Morgan fingerprint density at radius 3 is 3.00 bits per heavy atom. The standard InChI is InChI=1S/C13H21N3O2/c1-9-7-10(18-16-9)8-15-13(17)11-5-3-2-4-6-12(11)14/h7,11-12H,2-6,8,14H2,1H3,(H,15,17). The van der Waals surface area contributed by atoms with Crippen LogP contribution in [0.3, 0.4) is 0 Å². The van der Waals surface area contributed by atoms with Gasteiger partial charge < -0.3 is 15.6 Å². The van der Waals surface area contributed by atoms with Gasteiger partial charge >= 0.3 is 0 Å². The van der Waals surface area contributed by atoms with Crippen molar-refractivity contribution in [2.75, 3.05) is 0 Å². The van der Waals surface area contributed by atoms with Gasteiger partial charge in [-0.2, -0.15) is 0 Å². The van der Waals surface area contributed by atoms with Crippen LogP contribution in [-0.4, -0.2) is 17.1 Å². The highest BCUT2D eigenvalue weighted by atomic mass is 16.5. The lowest BCUT2D eigenvalue weighted by atomic mass is 9.94. The van der Waals surface area contributed by atoms with Crippen LogP contribution in [0.2, 0.25) is 0 Å². The van der Waals surface area contributed by atoms with Gasteiger partial charge in [-0.3, -0.25) is 4.79 Å². The van der Waals surface area contributed by atoms with Crippen LogP contribution >= 0.6 is 0 Å². The van der Waals surface area contributed by atoms with Crippen LogP contribution in [0.25, 0.3) is 0 Å². The van der Waals surface area contributed by atoms with Gasteiger partial charge in [-0.05, 0) is 19.8 Å². The summed E-state index contributed by atoms with van der Waals surface area (Å²) >= 11 is 0. The molecule has 0 saturated heterocycles. The van der Waals surface area contributed by atoms with Crippen molar-refractivity contribution in [1.82, 2.24) is 10.5 Å². The topological polar surface area (TPSA) is 81.2 Å². The van der Waals surface area contributed by atoms with Gasteiger partial charge in [0.25, 0.3) is 0 Å². The maximum Gasteiger partial charge on any atom is 0.225 e. The minimum absolute atomic E-state index is 0.0102. The summed E-state index contributed by atoms with van der Waals surface area (Å²) in [5.41, 5.74) is 6.88. The van der Waals surface area contributed by atoms with Crippen molar-refractivity contribution in [3.8, 4) is 0 Å². The number of amides is 1. The first-order valence-corrected chi connectivity index (χ1v) is 6.62. The van der Waals surface area contributed by atoms with Crippen LogP contribution in [0.1, 0.15) is 43.6 Å². The smallest absolute Gasteiger partial charge is 0.225 e. The molecule has 1 fully saturated rings. The van der Waals surface area contributed by atoms with Crippen molar-refractivity contribution in [3.05, 3.63) is 17.5 Å². The lowest BCUT2D eigenvalue weighted by molar-refractivity contribution is -0.126. The van der Waals surface area contributed by atoms with E-state index in [9.17, 15) is 4.79 Å². The molecule has 1 saturated carbocycles. The first kappa shape index (κ1) is 13.1. The van der Waals surface area contributed by atoms with Crippen LogP contribution in [-0.2, 0) is 11.3 Å². The van der Waals surface area contributed by atoms with E-state index in [4.69, 9.17) is 10.3 Å². The molecule has 2 unspecified atom stereocenters. The molecule has 1 heterocycles. The monoisotopic (exact) mass is 251 g/mol. The molecule has 0 aromatic carbocycles. The average molecular weight is 251 g/mol. The predicted octanol–water partition coefficient (Wildman–Crippen LogP) is 1.51. The molecule has 2 rings (SSSR count). The zero-order valence-corrected chi connectivity index (χ0v) is 10.8. The number of rotatable bonds is 3. The summed E-state index contributed by atoms with van der Waals surface area (Å²) in [6.45, 7) is 2.25. The Hall–Kier alpha value is -1.36. The molecule has 0 aliphatic heterocycles. The number of aromatic nitrogens is 1. The van der Waals surface area contributed by atoms with Gasteiger partial charge in [-0.15, -0.1) is 0 Å². The number of nitrogens with one attached hydrogen (secondary N) is 1. The van der Waals surface area contributed by atoms with Gasteiger partial charge in [-0.25, -0.2) is 0 Å². The van der Waals surface area contributed by atoms with Crippen LogP contribution in [0.4, 0.5) is 0 Å². The van der Waals surface area contributed by atoms with Gasteiger partial charge in [0, 0.05) is 12.1 Å². The third-order valence-corrected chi connectivity index (χ3v) is 3.52. The van der Waals surface area contributed by atoms with Crippen LogP contribution < -0.4 is 11.1 Å². The van der Waals surface area contributed by atoms with Gasteiger partial charge in [-0.1, -0.05) is 24.4 Å². The summed E-state index contributed by atoms with van der Waals surface area (Å²) in [7, 11) is 0. The Morgan fingerprint density at radius 2 is 2.28 bits per heavy atom. The van der Waals surface area contributed by atoms with Gasteiger partial charge in [0.2, 0.25) is 5.91 Å². The number of carbonyl (C=O) groups is 1. The van der Waals surface area contributed by atoms with E-state index in [2.05, 4.69) is 10.5 Å². The molecule has 18 heavy (non-hydrogen) atoms. The fourth-order valence-electron chi connectivity index (χ4n) is 2.47. The van der Waals surface area contributed by atoms with E-state index in [-0.39, 0.29) is 17.9 Å². The van der Waals surface area contributed by atoms with E-state index in [0.717, 1.165) is 31.4 Å². The van der Waals surface area contributed by atoms with Crippen molar-refractivity contribution in [2.45, 2.75) is 51.6 Å². The second-order valence-corrected chi connectivity index (χ2v) is 5.06. The molecule has 5 nitrogen and oxygen atoms in total. The summed E-state index contributed by atoms with van der Waals surface area (Å²) in [6, 6.07) is 1.82. The quantitative estimate of drug-likeness (QED) is 0.798. The highest BCUT2D eigenvalue weighted by Crippen LogP contribution is 2.22. The Balaban J connectivity index is 1.86. The van der Waals surface area contributed by atoms with E-state index in [1.54, 1.807) is 0 Å². The number of aryl methyl sites for hydroxylation is 1. The third kappa shape index (κ3) is 3.32. The largest absolute Gasteiger partial charge is 0.359 e. The average Bonchev–Trinajstić information content (AvgIpc) is 2.64. The summed E-state index contributed by atoms with van der Waals surface area (Å²) in [6.07, 6.45) is 5.24. The molecule has 1 aliphatic rings. The van der Waals surface area contributed by atoms with E-state index in [1.165, 1.54) is 6.42 Å². The van der Waals surface area contributed by atoms with Crippen molar-refractivity contribution < 1.29 is 9.32 Å². The zero-order chi connectivity index (χ0) is 13.0. The number of nitrogens with zero attached hydrogens (tertiary/aromatic N) is 1. The molecule has 1 aliphatic carbocycles. The molecule has 2 atom stereocenters. The summed E-state index contributed by atoms with van der Waals surface area (Å²) < 4.78 is 5.06. The minimum atomic E-state index is -0.0588. The van der Waals surface area contributed by atoms with Gasteiger partial charge in [0.05, 0.1) is 18.2 Å². The van der Waals surface area contributed by atoms with Crippen molar-refractivity contribution in [3.63, 3.8) is 0 Å². The molecule has 5 heteroatoms. The SMILES string of the molecule is Cc1cc(CNC(=O)C2CCCCCC2N)on1.